The first-order valence-corrected chi connectivity index (χ1v) is 7.11. The zero-order chi connectivity index (χ0) is 14.4. The summed E-state index contributed by atoms with van der Waals surface area (Å²) in [6.45, 7) is 0. The molecule has 1 aromatic rings. The lowest BCUT2D eigenvalue weighted by molar-refractivity contribution is -0.118. The molecule has 1 saturated carbocycles. The van der Waals surface area contributed by atoms with Gasteiger partial charge in [-0.3, -0.25) is 4.79 Å². The molecule has 0 bridgehead atoms. The third kappa shape index (κ3) is 4.08. The molecule has 20 heavy (non-hydrogen) atoms. The molecule has 1 aliphatic carbocycles. The third-order valence-electron chi connectivity index (χ3n) is 3.79. The van der Waals surface area contributed by atoms with Crippen molar-refractivity contribution < 1.29 is 9.53 Å². The number of rotatable bonds is 6. The zero-order valence-electron chi connectivity index (χ0n) is 11.8. The molecule has 0 radical (unpaired) electrons. The van der Waals surface area contributed by atoms with E-state index in [-0.39, 0.29) is 11.9 Å². The number of primary amides is 1. The summed E-state index contributed by atoms with van der Waals surface area (Å²) in [7, 11) is 1.56. The monoisotopic (exact) mass is 278 g/mol. The Labute approximate surface area is 119 Å². The average molecular weight is 278 g/mol. The lowest BCUT2D eigenvalue weighted by Gasteiger charge is -2.30. The van der Waals surface area contributed by atoms with Crippen LogP contribution in [0.25, 0.3) is 0 Å². The summed E-state index contributed by atoms with van der Waals surface area (Å²) in [5.41, 5.74) is 5.37. The number of ether oxygens (including phenoxy) is 1. The van der Waals surface area contributed by atoms with Crippen molar-refractivity contribution in [1.82, 2.24) is 9.97 Å². The second-order valence-corrected chi connectivity index (χ2v) is 5.24. The normalized spacial score (nSPS) is 17.4. The maximum Gasteiger partial charge on any atom is 0.226 e. The smallest absolute Gasteiger partial charge is 0.226 e. The van der Waals surface area contributed by atoms with Crippen LogP contribution < -0.4 is 15.8 Å². The summed E-state index contributed by atoms with van der Waals surface area (Å²) in [5.74, 6) is 1.15. The van der Waals surface area contributed by atoms with Crippen LogP contribution in [0.1, 0.15) is 38.5 Å². The van der Waals surface area contributed by atoms with Crippen molar-refractivity contribution in [1.29, 1.82) is 0 Å². The Morgan fingerprint density at radius 1 is 1.50 bits per heavy atom. The fourth-order valence-electron chi connectivity index (χ4n) is 2.78. The Kier molecular flexibility index (Phi) is 5.15. The number of carbonyl (C=O) groups excluding carboxylic acids is 1. The molecule has 0 saturated heterocycles. The van der Waals surface area contributed by atoms with Gasteiger partial charge in [0.05, 0.1) is 7.11 Å². The highest BCUT2D eigenvalue weighted by molar-refractivity contribution is 5.74. The van der Waals surface area contributed by atoms with Gasteiger partial charge in [-0.1, -0.05) is 19.3 Å². The molecule has 1 unspecified atom stereocenters. The number of anilines is 1. The summed E-state index contributed by atoms with van der Waals surface area (Å²) in [5, 5.41) is 3.25. The fraction of sp³-hybridized carbons (Fsp3) is 0.643. The largest absolute Gasteiger partial charge is 0.481 e. The van der Waals surface area contributed by atoms with Crippen LogP contribution in [0.15, 0.2) is 12.3 Å². The highest BCUT2D eigenvalue weighted by Gasteiger charge is 2.25. The molecule has 6 heteroatoms. The minimum atomic E-state index is -0.295. The van der Waals surface area contributed by atoms with Gasteiger partial charge in [0.2, 0.25) is 17.7 Å². The number of nitrogens with zero attached hydrogens (tertiary/aromatic N) is 2. The van der Waals surface area contributed by atoms with E-state index in [1.807, 2.05) is 0 Å². The van der Waals surface area contributed by atoms with E-state index in [2.05, 4.69) is 15.3 Å². The van der Waals surface area contributed by atoms with E-state index in [0.717, 1.165) is 12.8 Å². The molecule has 1 fully saturated rings. The quantitative estimate of drug-likeness (QED) is 0.827. The van der Waals surface area contributed by atoms with Crippen molar-refractivity contribution >= 4 is 11.9 Å². The van der Waals surface area contributed by atoms with Crippen molar-refractivity contribution in [2.45, 2.75) is 44.6 Å². The maximum absolute atomic E-state index is 11.3. The Morgan fingerprint density at radius 3 is 2.90 bits per heavy atom. The molecule has 1 atom stereocenters. The van der Waals surface area contributed by atoms with Gasteiger partial charge in [-0.25, -0.2) is 4.98 Å². The van der Waals surface area contributed by atoms with Gasteiger partial charge in [-0.15, -0.1) is 0 Å². The molecular formula is C14H22N4O2. The first-order chi connectivity index (χ1) is 9.69. The van der Waals surface area contributed by atoms with Crippen LogP contribution in [0.5, 0.6) is 5.88 Å². The van der Waals surface area contributed by atoms with E-state index < -0.39 is 0 Å². The number of hydrogen-bond donors (Lipinski definition) is 2. The van der Waals surface area contributed by atoms with Crippen LogP contribution in [0.3, 0.4) is 0 Å². The molecule has 1 amide bonds. The van der Waals surface area contributed by atoms with Crippen LogP contribution in [0, 0.1) is 5.92 Å². The van der Waals surface area contributed by atoms with Gasteiger partial charge >= 0.3 is 0 Å². The lowest BCUT2D eigenvalue weighted by Crippen LogP contribution is -2.35. The molecule has 6 nitrogen and oxygen atoms in total. The van der Waals surface area contributed by atoms with Crippen LogP contribution >= 0.6 is 0 Å². The Bertz CT molecular complexity index is 447. The van der Waals surface area contributed by atoms with Crippen LogP contribution in [0.2, 0.25) is 0 Å². The van der Waals surface area contributed by atoms with Crippen molar-refractivity contribution in [3.8, 4) is 5.88 Å². The number of nitrogens with one attached hydrogen (secondary N) is 1. The predicted octanol–water partition coefficient (Wildman–Crippen LogP) is 1.72. The van der Waals surface area contributed by atoms with Crippen molar-refractivity contribution in [2.24, 2.45) is 11.7 Å². The van der Waals surface area contributed by atoms with Gasteiger partial charge in [-0.05, 0) is 18.8 Å². The van der Waals surface area contributed by atoms with Crippen LogP contribution in [-0.2, 0) is 4.79 Å². The number of amides is 1. The standard InChI is InChI=1S/C14H22N4O2/c1-20-13-7-8-16-14(18-13)17-11(9-12(15)19)10-5-3-2-4-6-10/h7-8,10-11H,2-6,9H2,1H3,(H2,15,19)(H,16,17,18). The van der Waals surface area contributed by atoms with Crippen LogP contribution in [0.4, 0.5) is 5.95 Å². The number of hydrogen-bond acceptors (Lipinski definition) is 5. The van der Waals surface area contributed by atoms with Gasteiger partial charge in [0.15, 0.2) is 0 Å². The lowest BCUT2D eigenvalue weighted by atomic mass is 9.82. The van der Waals surface area contributed by atoms with E-state index in [1.54, 1.807) is 19.4 Å². The molecule has 110 valence electrons. The molecule has 1 aromatic heterocycles. The highest BCUT2D eigenvalue weighted by atomic mass is 16.5. The van der Waals surface area contributed by atoms with Crippen molar-refractivity contribution in [3.05, 3.63) is 12.3 Å². The molecule has 1 aliphatic rings. The summed E-state index contributed by atoms with van der Waals surface area (Å²) >= 11 is 0. The molecule has 3 N–H and O–H groups in total. The first-order valence-electron chi connectivity index (χ1n) is 7.11. The number of methoxy groups -OCH3 is 1. The zero-order valence-corrected chi connectivity index (χ0v) is 11.8. The average Bonchev–Trinajstić information content (AvgIpc) is 2.47. The third-order valence-corrected chi connectivity index (χ3v) is 3.79. The van der Waals surface area contributed by atoms with E-state index >= 15 is 0 Å². The Hall–Kier alpha value is -1.85. The first kappa shape index (κ1) is 14.6. The second kappa shape index (κ2) is 7.07. The highest BCUT2D eigenvalue weighted by Crippen LogP contribution is 2.29. The number of carbonyl (C=O) groups is 1. The van der Waals surface area contributed by atoms with Crippen molar-refractivity contribution in [3.63, 3.8) is 0 Å². The SMILES string of the molecule is COc1ccnc(NC(CC(N)=O)C2CCCCC2)n1. The molecule has 0 aromatic carbocycles. The van der Waals surface area contributed by atoms with E-state index in [4.69, 9.17) is 10.5 Å². The fourth-order valence-corrected chi connectivity index (χ4v) is 2.78. The topological polar surface area (TPSA) is 90.1 Å². The van der Waals surface area contributed by atoms with Crippen LogP contribution in [-0.4, -0.2) is 29.0 Å². The van der Waals surface area contributed by atoms with E-state index in [0.29, 0.717) is 24.2 Å². The van der Waals surface area contributed by atoms with Gasteiger partial charge in [0.1, 0.15) is 0 Å². The minimum Gasteiger partial charge on any atom is -0.481 e. The maximum atomic E-state index is 11.3. The van der Waals surface area contributed by atoms with E-state index in [9.17, 15) is 4.79 Å². The summed E-state index contributed by atoms with van der Waals surface area (Å²) < 4.78 is 5.08. The summed E-state index contributed by atoms with van der Waals surface area (Å²) in [6, 6.07) is 1.69. The molecule has 0 spiro atoms. The van der Waals surface area contributed by atoms with Gasteiger partial charge in [-0.2, -0.15) is 4.98 Å². The van der Waals surface area contributed by atoms with Crippen molar-refractivity contribution in [2.75, 3.05) is 12.4 Å². The van der Waals surface area contributed by atoms with Gasteiger partial charge in [0, 0.05) is 24.7 Å². The summed E-state index contributed by atoms with van der Waals surface area (Å²) in [6.07, 6.45) is 7.88. The number of nitrogens with two attached hydrogens (primary N) is 1. The minimum absolute atomic E-state index is 0.0000869. The van der Waals surface area contributed by atoms with Gasteiger partial charge in [0.25, 0.3) is 0 Å². The van der Waals surface area contributed by atoms with E-state index in [1.165, 1.54) is 19.3 Å². The molecular weight excluding hydrogens is 256 g/mol. The Balaban J connectivity index is 2.07. The molecule has 0 aliphatic heterocycles. The number of aromatic nitrogens is 2. The molecule has 2 rings (SSSR count). The predicted molar refractivity (Wildman–Crippen MR) is 76.4 cm³/mol. The molecule has 1 heterocycles. The Morgan fingerprint density at radius 2 is 2.25 bits per heavy atom. The van der Waals surface area contributed by atoms with Gasteiger partial charge < -0.3 is 15.8 Å². The summed E-state index contributed by atoms with van der Waals surface area (Å²) in [4.78, 5) is 19.7. The second-order valence-electron chi connectivity index (χ2n) is 5.24.